The molecule has 4 unspecified atom stereocenters. The molecule has 2 heterocycles. The molecule has 0 aliphatic carbocycles. The van der Waals surface area contributed by atoms with Gasteiger partial charge in [0.05, 0.1) is 6.61 Å². The van der Waals surface area contributed by atoms with Gasteiger partial charge in [0, 0.05) is 11.6 Å². The van der Waals surface area contributed by atoms with E-state index >= 15 is 0 Å². The van der Waals surface area contributed by atoms with Gasteiger partial charge in [0.1, 0.15) is 24.4 Å². The number of rotatable bonds is 4. The molecule has 0 spiro atoms. The molecule has 5 nitrogen and oxygen atoms in total. The molecular formula is C16H21ClO5. The molecule has 2 fully saturated rings. The molecule has 2 saturated heterocycles. The van der Waals surface area contributed by atoms with Crippen molar-refractivity contribution in [3.63, 3.8) is 0 Å². The van der Waals surface area contributed by atoms with E-state index in [0.717, 1.165) is 5.56 Å². The summed E-state index contributed by atoms with van der Waals surface area (Å²) >= 11 is 6.00. The average molecular weight is 329 g/mol. The first kappa shape index (κ1) is 16.2. The SMILES string of the molecule is CC1(C)OC2COC(C(O)c3ccc(Cl)cc3CCO)C2O1. The van der Waals surface area contributed by atoms with Crippen LogP contribution in [-0.4, -0.2) is 47.5 Å². The zero-order valence-corrected chi connectivity index (χ0v) is 13.4. The van der Waals surface area contributed by atoms with Crippen molar-refractivity contribution in [1.82, 2.24) is 0 Å². The van der Waals surface area contributed by atoms with Crippen molar-refractivity contribution in [1.29, 1.82) is 0 Å². The lowest BCUT2D eigenvalue weighted by Crippen LogP contribution is -2.34. The molecule has 22 heavy (non-hydrogen) atoms. The smallest absolute Gasteiger partial charge is 0.164 e. The van der Waals surface area contributed by atoms with Crippen LogP contribution in [-0.2, 0) is 20.6 Å². The fourth-order valence-electron chi connectivity index (χ4n) is 3.22. The van der Waals surface area contributed by atoms with Crippen molar-refractivity contribution in [2.24, 2.45) is 0 Å². The summed E-state index contributed by atoms with van der Waals surface area (Å²) in [5.74, 6) is -0.662. The van der Waals surface area contributed by atoms with Gasteiger partial charge in [0.2, 0.25) is 0 Å². The van der Waals surface area contributed by atoms with E-state index in [0.29, 0.717) is 23.6 Å². The zero-order chi connectivity index (χ0) is 15.9. The minimum absolute atomic E-state index is 0.00964. The standard InChI is InChI=1S/C16H21ClO5/c1-16(2)21-12-8-20-15(14(12)22-16)13(19)11-4-3-10(17)7-9(11)5-6-18/h3-4,7,12-15,18-19H,5-6,8H2,1-2H3. The highest BCUT2D eigenvalue weighted by atomic mass is 35.5. The summed E-state index contributed by atoms with van der Waals surface area (Å²) in [6, 6.07) is 5.26. The third-order valence-electron chi connectivity index (χ3n) is 4.11. The Morgan fingerprint density at radius 2 is 2.14 bits per heavy atom. The number of benzene rings is 1. The first-order valence-electron chi connectivity index (χ1n) is 7.46. The van der Waals surface area contributed by atoms with Crippen molar-refractivity contribution in [2.45, 2.75) is 50.5 Å². The second-order valence-corrected chi connectivity index (χ2v) is 6.63. The Morgan fingerprint density at radius 1 is 1.36 bits per heavy atom. The summed E-state index contributed by atoms with van der Waals surface area (Å²) in [4.78, 5) is 0. The third-order valence-corrected chi connectivity index (χ3v) is 4.35. The van der Waals surface area contributed by atoms with E-state index in [1.165, 1.54) is 0 Å². The lowest BCUT2D eigenvalue weighted by Gasteiger charge is -2.26. The molecular weight excluding hydrogens is 308 g/mol. The van der Waals surface area contributed by atoms with Crippen molar-refractivity contribution in [3.8, 4) is 0 Å². The number of hydrogen-bond donors (Lipinski definition) is 2. The van der Waals surface area contributed by atoms with Crippen LogP contribution in [0.25, 0.3) is 0 Å². The van der Waals surface area contributed by atoms with Gasteiger partial charge in [-0.25, -0.2) is 0 Å². The minimum Gasteiger partial charge on any atom is -0.396 e. The molecule has 0 saturated carbocycles. The normalized spacial score (nSPS) is 31.2. The number of ether oxygens (including phenoxy) is 3. The summed E-state index contributed by atoms with van der Waals surface area (Å²) < 4.78 is 17.3. The minimum atomic E-state index is -0.855. The molecule has 0 radical (unpaired) electrons. The predicted octanol–water partition coefficient (Wildman–Crippen LogP) is 1.83. The largest absolute Gasteiger partial charge is 0.396 e. The molecule has 1 aromatic rings. The van der Waals surface area contributed by atoms with Crippen LogP contribution in [0.1, 0.15) is 31.1 Å². The Kier molecular flexibility index (Phi) is 4.47. The molecule has 2 N–H and O–H groups in total. The number of aliphatic hydroxyl groups excluding tert-OH is 2. The van der Waals surface area contributed by atoms with Gasteiger partial charge >= 0.3 is 0 Å². The molecule has 6 heteroatoms. The molecule has 2 aliphatic rings. The molecule has 0 aromatic heterocycles. The Balaban J connectivity index is 1.84. The summed E-state index contributed by atoms with van der Waals surface area (Å²) in [5, 5.41) is 20.5. The van der Waals surface area contributed by atoms with E-state index in [2.05, 4.69) is 0 Å². The van der Waals surface area contributed by atoms with Gasteiger partial charge in [-0.1, -0.05) is 17.7 Å². The summed E-state index contributed by atoms with van der Waals surface area (Å²) in [6.45, 7) is 4.10. The summed E-state index contributed by atoms with van der Waals surface area (Å²) in [6.07, 6.45) is -1.39. The van der Waals surface area contributed by atoms with Crippen molar-refractivity contribution >= 4 is 11.6 Å². The maximum absolute atomic E-state index is 10.8. The van der Waals surface area contributed by atoms with Crippen LogP contribution < -0.4 is 0 Å². The first-order valence-corrected chi connectivity index (χ1v) is 7.83. The van der Waals surface area contributed by atoms with Gasteiger partial charge in [-0.05, 0) is 43.5 Å². The second-order valence-electron chi connectivity index (χ2n) is 6.20. The highest BCUT2D eigenvalue weighted by Crippen LogP contribution is 2.40. The number of halogens is 1. The predicted molar refractivity (Wildman–Crippen MR) is 80.8 cm³/mol. The highest BCUT2D eigenvalue weighted by Gasteiger charge is 2.52. The van der Waals surface area contributed by atoms with Crippen molar-refractivity contribution in [3.05, 3.63) is 34.3 Å². The van der Waals surface area contributed by atoms with Gasteiger partial charge < -0.3 is 24.4 Å². The van der Waals surface area contributed by atoms with E-state index in [9.17, 15) is 10.2 Å². The fourth-order valence-corrected chi connectivity index (χ4v) is 3.41. The molecule has 3 rings (SSSR count). The van der Waals surface area contributed by atoms with Gasteiger partial charge in [-0.15, -0.1) is 0 Å². The molecule has 1 aromatic carbocycles. The number of aliphatic hydroxyl groups is 2. The summed E-state index contributed by atoms with van der Waals surface area (Å²) in [5.41, 5.74) is 1.52. The lowest BCUT2D eigenvalue weighted by molar-refractivity contribution is -0.184. The van der Waals surface area contributed by atoms with Crippen LogP contribution >= 0.6 is 11.6 Å². The molecule has 4 atom stereocenters. The van der Waals surface area contributed by atoms with E-state index in [-0.39, 0.29) is 18.8 Å². The Labute approximate surface area is 134 Å². The van der Waals surface area contributed by atoms with Gasteiger partial charge in [0.15, 0.2) is 5.79 Å². The topological polar surface area (TPSA) is 68.2 Å². The van der Waals surface area contributed by atoms with E-state index in [4.69, 9.17) is 25.8 Å². The van der Waals surface area contributed by atoms with Gasteiger partial charge in [-0.3, -0.25) is 0 Å². The lowest BCUT2D eigenvalue weighted by atomic mass is 9.94. The zero-order valence-electron chi connectivity index (χ0n) is 12.7. The molecule has 0 amide bonds. The molecule has 122 valence electrons. The van der Waals surface area contributed by atoms with Gasteiger partial charge in [-0.2, -0.15) is 0 Å². The van der Waals surface area contributed by atoms with Crippen LogP contribution in [0.5, 0.6) is 0 Å². The maximum Gasteiger partial charge on any atom is 0.164 e. The number of fused-ring (bicyclic) bond motifs is 1. The third kappa shape index (κ3) is 3.02. The molecule has 0 bridgehead atoms. The Hall–Kier alpha value is -0.690. The Morgan fingerprint density at radius 3 is 2.86 bits per heavy atom. The summed E-state index contributed by atoms with van der Waals surface area (Å²) in [7, 11) is 0. The average Bonchev–Trinajstić information content (AvgIpc) is 2.93. The maximum atomic E-state index is 10.8. The highest BCUT2D eigenvalue weighted by molar-refractivity contribution is 6.30. The quantitative estimate of drug-likeness (QED) is 0.882. The fraction of sp³-hybridized carbons (Fsp3) is 0.625. The van der Waals surface area contributed by atoms with Crippen LogP contribution in [0.2, 0.25) is 5.02 Å². The van der Waals surface area contributed by atoms with E-state index in [1.807, 2.05) is 13.8 Å². The van der Waals surface area contributed by atoms with Crippen LogP contribution in [0.4, 0.5) is 0 Å². The van der Waals surface area contributed by atoms with Crippen molar-refractivity contribution < 1.29 is 24.4 Å². The van der Waals surface area contributed by atoms with Crippen LogP contribution in [0, 0.1) is 0 Å². The number of hydrogen-bond acceptors (Lipinski definition) is 5. The Bertz CT molecular complexity index is 547. The van der Waals surface area contributed by atoms with Gasteiger partial charge in [0.25, 0.3) is 0 Å². The first-order chi connectivity index (χ1) is 10.4. The van der Waals surface area contributed by atoms with Crippen LogP contribution in [0.3, 0.4) is 0 Å². The second kappa shape index (κ2) is 6.07. The monoisotopic (exact) mass is 328 g/mol. The van der Waals surface area contributed by atoms with Crippen LogP contribution in [0.15, 0.2) is 18.2 Å². The van der Waals surface area contributed by atoms with Crippen molar-refractivity contribution in [2.75, 3.05) is 13.2 Å². The molecule has 2 aliphatic heterocycles. The van der Waals surface area contributed by atoms with E-state index in [1.54, 1.807) is 18.2 Å². The van der Waals surface area contributed by atoms with E-state index < -0.39 is 18.0 Å².